The molecular formula is C15H31N3O2. The van der Waals surface area contributed by atoms with Crippen molar-refractivity contribution in [2.75, 3.05) is 19.7 Å². The number of amidine groups is 1. The number of rotatable bonds is 8. The lowest BCUT2D eigenvalue weighted by molar-refractivity contribution is 0.0813. The molecule has 0 heterocycles. The molecule has 0 unspecified atom stereocenters. The first-order chi connectivity index (χ1) is 9.46. The molecule has 0 aromatic heterocycles. The number of hydrogen-bond acceptors (Lipinski definition) is 4. The molecule has 0 atom stereocenters. The van der Waals surface area contributed by atoms with Crippen molar-refractivity contribution >= 4 is 5.84 Å². The van der Waals surface area contributed by atoms with Crippen molar-refractivity contribution in [3.8, 4) is 0 Å². The van der Waals surface area contributed by atoms with Crippen molar-refractivity contribution in [1.82, 2.24) is 5.32 Å². The zero-order chi connectivity index (χ0) is 15.1. The second kappa shape index (κ2) is 7.84. The number of aliphatic hydroxyl groups is 1. The largest absolute Gasteiger partial charge is 0.409 e. The van der Waals surface area contributed by atoms with Crippen LogP contribution in [-0.4, -0.2) is 35.8 Å². The van der Waals surface area contributed by atoms with Gasteiger partial charge in [-0.1, -0.05) is 38.3 Å². The molecule has 0 saturated heterocycles. The van der Waals surface area contributed by atoms with Gasteiger partial charge in [0.15, 0.2) is 0 Å². The molecule has 1 aliphatic rings. The molecule has 0 aromatic carbocycles. The predicted octanol–water partition coefficient (Wildman–Crippen LogP) is 2.07. The molecule has 118 valence electrons. The van der Waals surface area contributed by atoms with Gasteiger partial charge in [-0.05, 0) is 32.2 Å². The smallest absolute Gasteiger partial charge is 0.144 e. The highest BCUT2D eigenvalue weighted by atomic mass is 16.4. The summed E-state index contributed by atoms with van der Waals surface area (Å²) in [6.45, 7) is 6.06. The number of nitrogens with two attached hydrogens (primary N) is 1. The summed E-state index contributed by atoms with van der Waals surface area (Å²) in [7, 11) is 0. The van der Waals surface area contributed by atoms with Gasteiger partial charge in [0.1, 0.15) is 5.84 Å². The molecule has 0 amide bonds. The van der Waals surface area contributed by atoms with E-state index in [1.807, 2.05) is 13.8 Å². The Labute approximate surface area is 122 Å². The van der Waals surface area contributed by atoms with E-state index in [4.69, 9.17) is 10.9 Å². The fourth-order valence-electron chi connectivity index (χ4n) is 2.96. The Kier molecular flexibility index (Phi) is 6.76. The maximum absolute atomic E-state index is 9.63. The van der Waals surface area contributed by atoms with Gasteiger partial charge in [-0.25, -0.2) is 0 Å². The highest BCUT2D eigenvalue weighted by Crippen LogP contribution is 2.35. The van der Waals surface area contributed by atoms with E-state index in [2.05, 4.69) is 10.5 Å². The van der Waals surface area contributed by atoms with Crippen LogP contribution in [0.2, 0.25) is 0 Å². The van der Waals surface area contributed by atoms with E-state index in [9.17, 15) is 5.11 Å². The Hall–Kier alpha value is -0.810. The number of aliphatic hydroxyl groups excluding tert-OH is 1. The molecular weight excluding hydrogens is 254 g/mol. The molecule has 0 aromatic rings. The fourth-order valence-corrected chi connectivity index (χ4v) is 2.96. The van der Waals surface area contributed by atoms with Crippen molar-refractivity contribution in [1.29, 1.82) is 0 Å². The highest BCUT2D eigenvalue weighted by Gasteiger charge is 2.30. The Morgan fingerprint density at radius 2 is 1.95 bits per heavy atom. The standard InChI is InChI=1S/C15H31N3O2/c1-14(2,13(16)18-20)7-6-10-17-11-15(12-19)8-4-3-5-9-15/h17,19-20H,3-12H2,1-2H3,(H2,16,18). The van der Waals surface area contributed by atoms with E-state index in [-0.39, 0.29) is 23.3 Å². The van der Waals surface area contributed by atoms with Crippen LogP contribution in [0.25, 0.3) is 0 Å². The second-order valence-electron chi connectivity index (χ2n) is 6.87. The average molecular weight is 285 g/mol. The molecule has 5 nitrogen and oxygen atoms in total. The minimum Gasteiger partial charge on any atom is -0.409 e. The summed E-state index contributed by atoms with van der Waals surface area (Å²) in [5, 5.41) is 24.9. The van der Waals surface area contributed by atoms with E-state index in [0.717, 1.165) is 38.8 Å². The molecule has 0 aliphatic heterocycles. The van der Waals surface area contributed by atoms with Gasteiger partial charge in [0.25, 0.3) is 0 Å². The van der Waals surface area contributed by atoms with Crippen LogP contribution in [-0.2, 0) is 0 Å². The molecule has 0 spiro atoms. The zero-order valence-corrected chi connectivity index (χ0v) is 13.0. The van der Waals surface area contributed by atoms with Crippen LogP contribution in [0.1, 0.15) is 58.8 Å². The maximum atomic E-state index is 9.63. The Morgan fingerprint density at radius 3 is 2.50 bits per heavy atom. The van der Waals surface area contributed by atoms with Crippen LogP contribution in [0.3, 0.4) is 0 Å². The SMILES string of the molecule is CC(C)(CCCNCC1(CO)CCCCC1)C(N)=NO. The van der Waals surface area contributed by atoms with Gasteiger partial charge in [0, 0.05) is 24.0 Å². The summed E-state index contributed by atoms with van der Waals surface area (Å²) < 4.78 is 0. The van der Waals surface area contributed by atoms with Crippen LogP contribution in [0.4, 0.5) is 0 Å². The molecule has 5 heteroatoms. The first-order valence-electron chi connectivity index (χ1n) is 7.75. The molecule has 1 aliphatic carbocycles. The highest BCUT2D eigenvalue weighted by molar-refractivity contribution is 5.85. The van der Waals surface area contributed by atoms with Crippen LogP contribution >= 0.6 is 0 Å². The molecule has 1 rings (SSSR count). The molecule has 0 bridgehead atoms. The van der Waals surface area contributed by atoms with E-state index in [1.165, 1.54) is 19.3 Å². The lowest BCUT2D eigenvalue weighted by Crippen LogP contribution is -2.39. The third kappa shape index (κ3) is 4.94. The van der Waals surface area contributed by atoms with E-state index in [1.54, 1.807) is 0 Å². The van der Waals surface area contributed by atoms with Crippen molar-refractivity contribution in [2.24, 2.45) is 21.7 Å². The third-order valence-electron chi connectivity index (χ3n) is 4.71. The Morgan fingerprint density at radius 1 is 1.30 bits per heavy atom. The van der Waals surface area contributed by atoms with Gasteiger partial charge in [-0.2, -0.15) is 0 Å². The number of nitrogens with one attached hydrogen (secondary N) is 1. The monoisotopic (exact) mass is 285 g/mol. The van der Waals surface area contributed by atoms with Gasteiger partial charge < -0.3 is 21.4 Å². The summed E-state index contributed by atoms with van der Waals surface area (Å²) in [5.41, 5.74) is 5.50. The summed E-state index contributed by atoms with van der Waals surface area (Å²) in [6.07, 6.45) is 7.89. The molecule has 1 fully saturated rings. The van der Waals surface area contributed by atoms with Crippen molar-refractivity contribution in [2.45, 2.75) is 58.8 Å². The van der Waals surface area contributed by atoms with Crippen LogP contribution in [0.5, 0.6) is 0 Å². The maximum Gasteiger partial charge on any atom is 0.144 e. The molecule has 20 heavy (non-hydrogen) atoms. The van der Waals surface area contributed by atoms with Gasteiger partial charge >= 0.3 is 0 Å². The molecule has 0 radical (unpaired) electrons. The topological polar surface area (TPSA) is 90.9 Å². The first kappa shape index (κ1) is 17.2. The Bertz CT molecular complexity index is 310. The van der Waals surface area contributed by atoms with Crippen molar-refractivity contribution in [3.05, 3.63) is 0 Å². The van der Waals surface area contributed by atoms with E-state index in [0.29, 0.717) is 0 Å². The first-order valence-corrected chi connectivity index (χ1v) is 7.75. The summed E-state index contributed by atoms with van der Waals surface area (Å²) in [4.78, 5) is 0. The normalized spacial score (nSPS) is 20.1. The molecule has 1 saturated carbocycles. The number of nitrogens with zero attached hydrogens (tertiary/aromatic N) is 1. The van der Waals surface area contributed by atoms with Crippen LogP contribution in [0.15, 0.2) is 5.16 Å². The van der Waals surface area contributed by atoms with E-state index >= 15 is 0 Å². The van der Waals surface area contributed by atoms with Crippen molar-refractivity contribution < 1.29 is 10.3 Å². The summed E-state index contributed by atoms with van der Waals surface area (Å²) in [6, 6.07) is 0. The molecule has 5 N–H and O–H groups in total. The van der Waals surface area contributed by atoms with Gasteiger partial charge in [-0.3, -0.25) is 0 Å². The summed E-state index contributed by atoms with van der Waals surface area (Å²) >= 11 is 0. The minimum absolute atomic E-state index is 0.0966. The van der Waals surface area contributed by atoms with Gasteiger partial charge in [-0.15, -0.1) is 0 Å². The fraction of sp³-hybridized carbons (Fsp3) is 0.933. The zero-order valence-electron chi connectivity index (χ0n) is 13.0. The van der Waals surface area contributed by atoms with Crippen LogP contribution in [0, 0.1) is 10.8 Å². The second-order valence-corrected chi connectivity index (χ2v) is 6.87. The van der Waals surface area contributed by atoms with Crippen LogP contribution < -0.4 is 11.1 Å². The lowest BCUT2D eigenvalue weighted by Gasteiger charge is -2.36. The van der Waals surface area contributed by atoms with E-state index < -0.39 is 0 Å². The minimum atomic E-state index is -0.268. The lowest BCUT2D eigenvalue weighted by atomic mass is 9.74. The average Bonchev–Trinajstić information content (AvgIpc) is 2.46. The van der Waals surface area contributed by atoms with Gasteiger partial charge in [0.2, 0.25) is 0 Å². The Balaban J connectivity index is 2.24. The predicted molar refractivity (Wildman–Crippen MR) is 81.9 cm³/mol. The summed E-state index contributed by atoms with van der Waals surface area (Å²) in [5.74, 6) is 0.289. The quantitative estimate of drug-likeness (QED) is 0.181. The number of hydrogen-bond donors (Lipinski definition) is 4. The third-order valence-corrected chi connectivity index (χ3v) is 4.71. The van der Waals surface area contributed by atoms with Gasteiger partial charge in [0.05, 0.1) is 0 Å². The van der Waals surface area contributed by atoms with Crippen molar-refractivity contribution in [3.63, 3.8) is 0 Å². The number of oxime groups is 1.